The minimum atomic E-state index is -0.750. The number of carbonyl (C=O) groups excluding carboxylic acids is 3. The molecule has 26 heavy (non-hydrogen) atoms. The van der Waals surface area contributed by atoms with Crippen molar-refractivity contribution in [1.82, 2.24) is 0 Å². The van der Waals surface area contributed by atoms with Crippen LogP contribution in [0.3, 0.4) is 0 Å². The van der Waals surface area contributed by atoms with Crippen LogP contribution in [0.2, 0.25) is 0 Å². The number of ether oxygens (including phenoxy) is 3. The van der Waals surface area contributed by atoms with Crippen molar-refractivity contribution in [2.75, 3.05) is 25.7 Å². The number of benzene rings is 1. The average molecular weight is 357 g/mol. The number of carbonyl (C=O) groups is 3. The average Bonchev–Trinajstić information content (AvgIpc) is 2.89. The summed E-state index contributed by atoms with van der Waals surface area (Å²) in [5.74, 6) is -2.00. The summed E-state index contributed by atoms with van der Waals surface area (Å²) in [5.41, 5.74) is 0.545. The molecular formula is C19H19NO6. The summed E-state index contributed by atoms with van der Waals surface area (Å²) in [4.78, 5) is 38.3. The van der Waals surface area contributed by atoms with Crippen LogP contribution in [0.5, 0.6) is 0 Å². The molecule has 2 rings (SSSR count). The maximum atomic E-state index is 12.4. The van der Waals surface area contributed by atoms with Crippen molar-refractivity contribution in [3.05, 3.63) is 65.5 Å². The molecule has 0 radical (unpaired) electrons. The van der Waals surface area contributed by atoms with Crippen LogP contribution in [0.1, 0.15) is 17.3 Å². The molecule has 0 saturated carbocycles. The number of rotatable bonds is 5. The van der Waals surface area contributed by atoms with Gasteiger partial charge in [0.15, 0.2) is 0 Å². The lowest BCUT2D eigenvalue weighted by molar-refractivity contribution is -0.139. The highest BCUT2D eigenvalue weighted by atomic mass is 16.5. The van der Waals surface area contributed by atoms with E-state index >= 15 is 0 Å². The summed E-state index contributed by atoms with van der Waals surface area (Å²) in [6.07, 6.45) is 6.21. The second kappa shape index (κ2) is 8.66. The Morgan fingerprint density at radius 2 is 1.65 bits per heavy atom. The number of hydrogen-bond acceptors (Lipinski definition) is 7. The van der Waals surface area contributed by atoms with E-state index in [1.54, 1.807) is 49.5 Å². The molecule has 0 aromatic heterocycles. The number of esters is 3. The van der Waals surface area contributed by atoms with Gasteiger partial charge < -0.3 is 19.1 Å². The smallest absolute Gasteiger partial charge is 0.355 e. The van der Waals surface area contributed by atoms with Gasteiger partial charge in [-0.25, -0.2) is 14.4 Å². The van der Waals surface area contributed by atoms with Crippen molar-refractivity contribution in [3.8, 4) is 0 Å². The first-order valence-corrected chi connectivity index (χ1v) is 7.86. The van der Waals surface area contributed by atoms with Gasteiger partial charge in [-0.15, -0.1) is 0 Å². The molecule has 0 fully saturated rings. The summed E-state index contributed by atoms with van der Waals surface area (Å²) in [6.45, 7) is 1.91. The van der Waals surface area contributed by atoms with E-state index in [9.17, 15) is 14.4 Å². The van der Waals surface area contributed by atoms with E-state index in [1.165, 1.54) is 25.2 Å². The van der Waals surface area contributed by atoms with E-state index in [4.69, 9.17) is 14.2 Å². The van der Waals surface area contributed by atoms with Crippen molar-refractivity contribution in [2.24, 2.45) is 0 Å². The number of allylic oxidation sites excluding steroid dienone is 2. The fourth-order valence-electron chi connectivity index (χ4n) is 2.42. The number of para-hydroxylation sites is 1. The third-order valence-corrected chi connectivity index (χ3v) is 3.55. The maximum Gasteiger partial charge on any atom is 0.355 e. The Hall–Kier alpha value is -3.35. The Bertz CT molecular complexity index is 806. The first-order chi connectivity index (χ1) is 12.5. The van der Waals surface area contributed by atoms with Crippen molar-refractivity contribution in [1.29, 1.82) is 0 Å². The van der Waals surface area contributed by atoms with Crippen molar-refractivity contribution in [2.45, 2.75) is 6.92 Å². The Morgan fingerprint density at radius 3 is 2.31 bits per heavy atom. The summed E-state index contributed by atoms with van der Waals surface area (Å²) < 4.78 is 14.7. The van der Waals surface area contributed by atoms with Crippen molar-refractivity contribution in [3.63, 3.8) is 0 Å². The van der Waals surface area contributed by atoms with Gasteiger partial charge in [0, 0.05) is 6.20 Å². The zero-order chi connectivity index (χ0) is 19.1. The lowest BCUT2D eigenvalue weighted by Gasteiger charge is -2.24. The molecule has 0 saturated heterocycles. The Kier molecular flexibility index (Phi) is 6.32. The molecule has 1 aliphatic rings. The van der Waals surface area contributed by atoms with Crippen LogP contribution in [0.4, 0.5) is 5.69 Å². The highest BCUT2D eigenvalue weighted by molar-refractivity contribution is 6.07. The molecule has 1 aromatic rings. The predicted octanol–water partition coefficient (Wildman–Crippen LogP) is 2.35. The van der Waals surface area contributed by atoms with Crippen LogP contribution in [0, 0.1) is 0 Å². The lowest BCUT2D eigenvalue weighted by Crippen LogP contribution is -2.28. The highest BCUT2D eigenvalue weighted by Gasteiger charge is 2.29. The number of nitrogens with zero attached hydrogens (tertiary/aromatic N) is 1. The third kappa shape index (κ3) is 3.83. The van der Waals surface area contributed by atoms with E-state index in [-0.39, 0.29) is 23.4 Å². The van der Waals surface area contributed by atoms with Crippen LogP contribution in [-0.4, -0.2) is 38.7 Å². The minimum Gasteiger partial charge on any atom is -0.465 e. The molecule has 1 aromatic carbocycles. The van der Waals surface area contributed by atoms with Crippen LogP contribution < -0.4 is 4.90 Å². The SMILES string of the molecule is CCOC(=O)c1ccccc1N1C=CC=CC(C(=O)OC)=C1C(=O)OC. The fraction of sp³-hybridized carbons (Fsp3) is 0.211. The maximum absolute atomic E-state index is 12.4. The number of methoxy groups -OCH3 is 2. The summed E-state index contributed by atoms with van der Waals surface area (Å²) >= 11 is 0. The Balaban J connectivity index is 2.69. The highest BCUT2D eigenvalue weighted by Crippen LogP contribution is 2.29. The molecule has 0 atom stereocenters. The molecule has 136 valence electrons. The van der Waals surface area contributed by atoms with Crippen molar-refractivity contribution < 1.29 is 28.6 Å². The monoisotopic (exact) mass is 357 g/mol. The molecule has 0 amide bonds. The quantitative estimate of drug-likeness (QED) is 0.591. The van der Waals surface area contributed by atoms with E-state index in [1.807, 2.05) is 0 Å². The zero-order valence-corrected chi connectivity index (χ0v) is 14.7. The molecule has 0 aliphatic carbocycles. The third-order valence-electron chi connectivity index (χ3n) is 3.55. The van der Waals surface area contributed by atoms with Crippen LogP contribution >= 0.6 is 0 Å². The topological polar surface area (TPSA) is 82.1 Å². The molecule has 7 nitrogen and oxygen atoms in total. The Labute approximate surface area is 151 Å². The van der Waals surface area contributed by atoms with E-state index < -0.39 is 17.9 Å². The van der Waals surface area contributed by atoms with Crippen LogP contribution in [0.25, 0.3) is 0 Å². The second-order valence-electron chi connectivity index (χ2n) is 5.05. The predicted molar refractivity (Wildman–Crippen MR) is 94.2 cm³/mol. The van der Waals surface area contributed by atoms with Gasteiger partial charge in [0.25, 0.3) is 0 Å². The second-order valence-corrected chi connectivity index (χ2v) is 5.05. The molecule has 1 aliphatic heterocycles. The normalized spacial score (nSPS) is 13.3. The molecule has 0 unspecified atom stereocenters. The van der Waals surface area contributed by atoms with Gasteiger partial charge in [0.2, 0.25) is 0 Å². The van der Waals surface area contributed by atoms with Gasteiger partial charge in [-0.05, 0) is 31.2 Å². The Morgan fingerprint density at radius 1 is 0.962 bits per heavy atom. The standard InChI is InChI=1S/C19H19NO6/c1-4-26-18(22)13-9-5-6-11-15(13)20-12-8-7-10-14(17(21)24-2)16(20)19(23)25-3/h5-12H,4H2,1-3H3. The summed E-state index contributed by atoms with van der Waals surface area (Å²) in [6, 6.07) is 6.60. The zero-order valence-electron chi connectivity index (χ0n) is 14.7. The first-order valence-electron chi connectivity index (χ1n) is 7.86. The largest absolute Gasteiger partial charge is 0.465 e. The van der Waals surface area contributed by atoms with Gasteiger partial charge in [0.05, 0.1) is 37.7 Å². The van der Waals surface area contributed by atoms with Gasteiger partial charge in [0.1, 0.15) is 5.70 Å². The van der Waals surface area contributed by atoms with Crippen LogP contribution in [-0.2, 0) is 23.8 Å². The summed E-state index contributed by atoms with van der Waals surface area (Å²) in [7, 11) is 2.42. The van der Waals surface area contributed by atoms with Crippen molar-refractivity contribution >= 4 is 23.6 Å². The lowest BCUT2D eigenvalue weighted by atomic mass is 10.1. The van der Waals surface area contributed by atoms with E-state index in [2.05, 4.69) is 0 Å². The first kappa shape index (κ1) is 19.0. The van der Waals surface area contributed by atoms with Gasteiger partial charge in [-0.3, -0.25) is 0 Å². The molecule has 1 heterocycles. The number of anilines is 1. The fourth-order valence-corrected chi connectivity index (χ4v) is 2.42. The van der Waals surface area contributed by atoms with Gasteiger partial charge in [-0.2, -0.15) is 0 Å². The molecular weight excluding hydrogens is 338 g/mol. The summed E-state index contributed by atoms with van der Waals surface area (Å²) in [5, 5.41) is 0. The van der Waals surface area contributed by atoms with Gasteiger partial charge in [-0.1, -0.05) is 18.2 Å². The van der Waals surface area contributed by atoms with E-state index in [0.717, 1.165) is 0 Å². The van der Waals surface area contributed by atoms with Gasteiger partial charge >= 0.3 is 17.9 Å². The van der Waals surface area contributed by atoms with E-state index in [0.29, 0.717) is 5.69 Å². The minimum absolute atomic E-state index is 0.00279. The number of hydrogen-bond donors (Lipinski definition) is 0. The van der Waals surface area contributed by atoms with Crippen LogP contribution in [0.15, 0.2) is 60.0 Å². The molecule has 0 bridgehead atoms. The molecule has 0 spiro atoms. The molecule has 7 heteroatoms. The molecule has 0 N–H and O–H groups in total.